The quantitative estimate of drug-likeness (QED) is 0.228. The molecule has 2 aromatic carbocycles. The first-order valence-electron chi connectivity index (χ1n) is 18.2. The van der Waals surface area contributed by atoms with Gasteiger partial charge in [0.25, 0.3) is 5.91 Å². The molecule has 3 amide bonds. The number of alkyl halides is 1. The molecule has 2 saturated heterocycles. The number of nitrogens with one attached hydrogen (secondary N) is 2. The molecule has 2 aliphatic heterocycles. The number of hydrogen-bond donors (Lipinski definition) is 2. The third-order valence-electron chi connectivity index (χ3n) is 11.3. The third-order valence-corrected chi connectivity index (χ3v) is 11.3. The maximum atomic E-state index is 16.1. The van der Waals surface area contributed by atoms with Crippen LogP contribution in [0, 0.1) is 17.2 Å². The Hall–Kier alpha value is -5.68. The monoisotopic (exact) mass is 717 g/mol. The maximum absolute atomic E-state index is 16.1. The topological polar surface area (TPSA) is 160 Å². The summed E-state index contributed by atoms with van der Waals surface area (Å²) in [5.41, 5.74) is 3.49. The van der Waals surface area contributed by atoms with Crippen LogP contribution in [0.1, 0.15) is 84.7 Å². The number of likely N-dealkylation sites (tertiary alicyclic amines) is 1. The summed E-state index contributed by atoms with van der Waals surface area (Å²) in [6, 6.07) is 17.3. The van der Waals surface area contributed by atoms with Crippen molar-refractivity contribution in [1.82, 2.24) is 34.1 Å². The first-order chi connectivity index (χ1) is 25.7. The molecule has 53 heavy (non-hydrogen) atoms. The van der Waals surface area contributed by atoms with Gasteiger partial charge in [-0.3, -0.25) is 33.5 Å². The van der Waals surface area contributed by atoms with Gasteiger partial charge in [-0.25, -0.2) is 14.2 Å². The Bertz CT molecular complexity index is 2350. The van der Waals surface area contributed by atoms with Crippen molar-refractivity contribution in [2.45, 2.75) is 69.1 Å². The number of para-hydroxylation sites is 1. The minimum absolute atomic E-state index is 0.163. The number of anilines is 1. The van der Waals surface area contributed by atoms with Crippen molar-refractivity contribution in [2.75, 3.05) is 25.0 Å². The predicted octanol–water partition coefficient (Wildman–Crippen LogP) is 4.75. The van der Waals surface area contributed by atoms with Crippen LogP contribution in [0.3, 0.4) is 0 Å². The number of nitriles is 1. The van der Waals surface area contributed by atoms with Crippen LogP contribution in [0.4, 0.5) is 10.1 Å². The minimum Gasteiger partial charge on any atom is -0.321 e. The van der Waals surface area contributed by atoms with E-state index in [9.17, 15) is 19.2 Å². The Balaban J connectivity index is 0.878. The number of hydrogen-bond acceptors (Lipinski definition) is 8. The molecule has 2 N–H and O–H groups in total. The fourth-order valence-corrected chi connectivity index (χ4v) is 8.57. The van der Waals surface area contributed by atoms with Crippen LogP contribution in [-0.4, -0.2) is 72.3 Å². The van der Waals surface area contributed by atoms with Crippen molar-refractivity contribution in [3.05, 3.63) is 88.2 Å². The van der Waals surface area contributed by atoms with Crippen LogP contribution in [-0.2, 0) is 16.6 Å². The summed E-state index contributed by atoms with van der Waals surface area (Å²) in [7, 11) is 1.66. The maximum Gasteiger partial charge on any atom is 0.329 e. The number of imide groups is 1. The largest absolute Gasteiger partial charge is 0.329 e. The van der Waals surface area contributed by atoms with Crippen LogP contribution >= 0.6 is 0 Å². The van der Waals surface area contributed by atoms with E-state index in [4.69, 9.17) is 10.4 Å². The summed E-state index contributed by atoms with van der Waals surface area (Å²) in [5, 5.41) is 20.1. The molecule has 3 fully saturated rings. The lowest BCUT2D eigenvalue weighted by Crippen LogP contribution is -2.44. The molecule has 5 aromatic rings. The van der Waals surface area contributed by atoms with Crippen molar-refractivity contribution < 1.29 is 18.8 Å². The summed E-state index contributed by atoms with van der Waals surface area (Å²) < 4.78 is 21.1. The standard InChI is InChI=1S/C39H40FN9O4/c1-46-36-29(5-3-7-33(36)49(39(46)53)34-14-15-35(50)44-38(34)52)28-16-17-47(22-30(28)40)20-23-8-11-27(12-9-23)48-21-24-18-25(10-13-31(24)45-48)43-37(51)32-6-2-4-26(19-41)42-32/h2-7,10,13,18,21,23,27-28,30,34H,8-9,11-12,14-17,20,22H2,1H3,(H,43,51)(H,44,50,52)/t23-,27-,28-,30-,34?/m0/s1. The number of amides is 3. The van der Waals surface area contributed by atoms with Gasteiger partial charge in [0.1, 0.15) is 29.7 Å². The average molecular weight is 718 g/mol. The number of pyridine rings is 1. The molecule has 0 spiro atoms. The SMILES string of the molecule is Cn1c(=O)n(C2CCC(=O)NC2=O)c2cccc([C@@H]3CCN(C[C@H]4CC[C@H](n5cc6cc(NC(=O)c7cccc(C#N)n7)ccc6n5)CC4)C[C@@H]3F)c21. The summed E-state index contributed by atoms with van der Waals surface area (Å²) in [4.78, 5) is 56.9. The number of carbonyl (C=O) groups is 3. The van der Waals surface area contributed by atoms with Crippen molar-refractivity contribution in [1.29, 1.82) is 5.26 Å². The number of aromatic nitrogens is 5. The second-order valence-corrected chi connectivity index (χ2v) is 14.6. The Morgan fingerprint density at radius 2 is 1.85 bits per heavy atom. The number of rotatable bonds is 7. The fraction of sp³-hybridized carbons (Fsp3) is 0.410. The molecule has 3 aliphatic rings. The predicted molar refractivity (Wildman–Crippen MR) is 195 cm³/mol. The lowest BCUT2D eigenvalue weighted by Gasteiger charge is -2.38. The summed E-state index contributed by atoms with van der Waals surface area (Å²) in [6.07, 6.45) is 5.93. The van der Waals surface area contributed by atoms with Gasteiger partial charge in [-0.05, 0) is 92.9 Å². The molecule has 1 aliphatic carbocycles. The van der Waals surface area contributed by atoms with E-state index in [-0.39, 0.29) is 53.7 Å². The third kappa shape index (κ3) is 6.61. The van der Waals surface area contributed by atoms with Crippen LogP contribution in [0.2, 0.25) is 0 Å². The summed E-state index contributed by atoms with van der Waals surface area (Å²) in [5.74, 6) is -1.13. The highest BCUT2D eigenvalue weighted by Crippen LogP contribution is 2.38. The second kappa shape index (κ2) is 14.0. The second-order valence-electron chi connectivity index (χ2n) is 14.6. The molecule has 3 atom stereocenters. The Labute approximate surface area is 304 Å². The van der Waals surface area contributed by atoms with Gasteiger partial charge in [-0.2, -0.15) is 10.4 Å². The molecular weight excluding hydrogens is 677 g/mol. The minimum atomic E-state index is -1.11. The number of benzene rings is 2. The average Bonchev–Trinajstić information content (AvgIpc) is 3.70. The number of nitrogens with zero attached hydrogens (tertiary/aromatic N) is 7. The number of imidazole rings is 1. The van der Waals surface area contributed by atoms with Gasteiger partial charge in [0.15, 0.2) is 0 Å². The van der Waals surface area contributed by atoms with Crippen LogP contribution in [0.5, 0.6) is 0 Å². The van der Waals surface area contributed by atoms with Crippen LogP contribution < -0.4 is 16.3 Å². The molecular formula is C39H40FN9O4. The molecule has 5 heterocycles. The molecule has 0 radical (unpaired) electrons. The van der Waals surface area contributed by atoms with Gasteiger partial charge in [0.2, 0.25) is 11.8 Å². The zero-order valence-electron chi connectivity index (χ0n) is 29.4. The van der Waals surface area contributed by atoms with E-state index < -0.39 is 18.1 Å². The fourth-order valence-electron chi connectivity index (χ4n) is 8.57. The highest BCUT2D eigenvalue weighted by Gasteiger charge is 2.36. The molecule has 8 rings (SSSR count). The lowest BCUT2D eigenvalue weighted by atomic mass is 9.83. The first-order valence-corrected chi connectivity index (χ1v) is 18.2. The lowest BCUT2D eigenvalue weighted by molar-refractivity contribution is -0.135. The molecule has 272 valence electrons. The molecule has 1 unspecified atom stereocenters. The van der Waals surface area contributed by atoms with E-state index in [1.807, 2.05) is 47.3 Å². The van der Waals surface area contributed by atoms with E-state index in [1.165, 1.54) is 9.13 Å². The Morgan fingerprint density at radius 1 is 1.04 bits per heavy atom. The summed E-state index contributed by atoms with van der Waals surface area (Å²) in [6.45, 7) is 1.92. The van der Waals surface area contributed by atoms with E-state index in [1.54, 1.807) is 31.3 Å². The Morgan fingerprint density at radius 3 is 2.62 bits per heavy atom. The highest BCUT2D eigenvalue weighted by molar-refractivity contribution is 6.04. The van der Waals surface area contributed by atoms with Crippen molar-refractivity contribution in [2.24, 2.45) is 13.0 Å². The summed E-state index contributed by atoms with van der Waals surface area (Å²) >= 11 is 0. The number of fused-ring (bicyclic) bond motifs is 2. The molecule has 13 nitrogen and oxygen atoms in total. The van der Waals surface area contributed by atoms with E-state index in [2.05, 4.69) is 20.5 Å². The number of aryl methyl sites for hydroxylation is 1. The molecule has 14 heteroatoms. The highest BCUT2D eigenvalue weighted by atomic mass is 19.1. The first kappa shape index (κ1) is 34.4. The van der Waals surface area contributed by atoms with Gasteiger partial charge in [-0.1, -0.05) is 18.2 Å². The molecule has 0 bridgehead atoms. The van der Waals surface area contributed by atoms with Crippen molar-refractivity contribution in [3.63, 3.8) is 0 Å². The van der Waals surface area contributed by atoms with E-state index in [0.29, 0.717) is 35.6 Å². The zero-order valence-corrected chi connectivity index (χ0v) is 29.4. The Kier molecular flexibility index (Phi) is 9.11. The van der Waals surface area contributed by atoms with Gasteiger partial charge >= 0.3 is 5.69 Å². The van der Waals surface area contributed by atoms with Crippen LogP contribution in [0.15, 0.2) is 65.6 Å². The normalized spacial score (nSPS) is 23.9. The van der Waals surface area contributed by atoms with Gasteiger partial charge < -0.3 is 10.2 Å². The van der Waals surface area contributed by atoms with E-state index >= 15 is 4.39 Å². The molecule has 3 aromatic heterocycles. The van der Waals surface area contributed by atoms with Crippen molar-refractivity contribution >= 4 is 45.3 Å². The van der Waals surface area contributed by atoms with Gasteiger partial charge in [0.05, 0.1) is 22.6 Å². The zero-order chi connectivity index (χ0) is 36.8. The van der Waals surface area contributed by atoms with Crippen molar-refractivity contribution in [3.8, 4) is 6.07 Å². The number of piperidine rings is 2. The number of halogens is 1. The van der Waals surface area contributed by atoms with Crippen LogP contribution in [0.25, 0.3) is 21.9 Å². The van der Waals surface area contributed by atoms with Gasteiger partial charge in [-0.15, -0.1) is 0 Å². The van der Waals surface area contributed by atoms with E-state index in [0.717, 1.165) is 55.2 Å². The number of carbonyl (C=O) groups excluding carboxylic acids is 3. The smallest absolute Gasteiger partial charge is 0.321 e. The van der Waals surface area contributed by atoms with Gasteiger partial charge in [0, 0.05) is 49.7 Å². The molecule has 1 saturated carbocycles.